The standard InChI is InChI=1S/C29H32ClN3O3.ClH/c1-2-3-6-18-35-23-12-9-21(10-13-23)26-14-15-27(24-7-4-5-8-25(24)30)33(26)20-22-11-16-28(29(31)32-22)36-19-17-34;/h4-5,7-16,34H,2-3,6,17-20H2,1H3,(H2,31,32);1H. The van der Waals surface area contributed by atoms with E-state index < -0.39 is 0 Å². The van der Waals surface area contributed by atoms with E-state index in [0.29, 0.717) is 23.1 Å². The van der Waals surface area contributed by atoms with Gasteiger partial charge in [-0.15, -0.1) is 12.4 Å². The van der Waals surface area contributed by atoms with E-state index in [4.69, 9.17) is 31.9 Å². The van der Waals surface area contributed by atoms with Crippen LogP contribution in [-0.2, 0) is 6.54 Å². The maximum absolute atomic E-state index is 9.02. The Bertz CT molecular complexity index is 1280. The van der Waals surface area contributed by atoms with E-state index in [0.717, 1.165) is 47.0 Å². The van der Waals surface area contributed by atoms with Gasteiger partial charge in [-0.25, -0.2) is 4.98 Å². The molecule has 0 unspecified atom stereocenters. The molecule has 0 aliphatic rings. The Morgan fingerprint density at radius 1 is 0.892 bits per heavy atom. The summed E-state index contributed by atoms with van der Waals surface area (Å²) in [6.07, 6.45) is 3.40. The first kappa shape index (κ1) is 28.4. The van der Waals surface area contributed by atoms with Crippen LogP contribution in [0.2, 0.25) is 5.02 Å². The van der Waals surface area contributed by atoms with Crippen molar-refractivity contribution in [3.63, 3.8) is 0 Å². The van der Waals surface area contributed by atoms with Gasteiger partial charge in [0.25, 0.3) is 0 Å². The molecule has 4 rings (SSSR count). The van der Waals surface area contributed by atoms with Crippen molar-refractivity contribution in [3.05, 3.63) is 83.5 Å². The molecule has 0 radical (unpaired) electrons. The van der Waals surface area contributed by atoms with Crippen molar-refractivity contribution in [2.45, 2.75) is 32.7 Å². The zero-order valence-electron chi connectivity index (χ0n) is 20.9. The van der Waals surface area contributed by atoms with E-state index in [-0.39, 0.29) is 25.6 Å². The lowest BCUT2D eigenvalue weighted by atomic mass is 10.1. The number of hydrogen-bond donors (Lipinski definition) is 2. The van der Waals surface area contributed by atoms with Gasteiger partial charge < -0.3 is 24.9 Å². The number of nitrogens with zero attached hydrogens (tertiary/aromatic N) is 2. The molecule has 6 nitrogen and oxygen atoms in total. The molecule has 0 atom stereocenters. The lowest BCUT2D eigenvalue weighted by Gasteiger charge is -2.16. The fourth-order valence-electron chi connectivity index (χ4n) is 4.09. The van der Waals surface area contributed by atoms with Crippen LogP contribution in [0.4, 0.5) is 5.82 Å². The number of anilines is 1. The number of ether oxygens (including phenoxy) is 2. The van der Waals surface area contributed by atoms with Crippen LogP contribution in [0.1, 0.15) is 31.9 Å². The average Bonchev–Trinajstić information content (AvgIpc) is 3.30. The van der Waals surface area contributed by atoms with Crippen molar-refractivity contribution in [2.75, 3.05) is 25.6 Å². The minimum absolute atomic E-state index is 0. The molecule has 8 heteroatoms. The lowest BCUT2D eigenvalue weighted by Crippen LogP contribution is -2.09. The predicted octanol–water partition coefficient (Wildman–Crippen LogP) is 6.86. The second-order valence-corrected chi connectivity index (χ2v) is 8.91. The molecule has 0 aliphatic carbocycles. The quantitative estimate of drug-likeness (QED) is 0.191. The zero-order valence-corrected chi connectivity index (χ0v) is 22.5. The van der Waals surface area contributed by atoms with Gasteiger partial charge >= 0.3 is 0 Å². The number of nitrogen functional groups attached to an aromatic ring is 1. The molecule has 0 bridgehead atoms. The zero-order chi connectivity index (χ0) is 25.3. The summed E-state index contributed by atoms with van der Waals surface area (Å²) in [5, 5.41) is 9.70. The van der Waals surface area contributed by atoms with E-state index in [1.165, 1.54) is 12.8 Å². The SMILES string of the molecule is CCCCCOc1ccc(-c2ccc(-c3ccccc3Cl)n2Cc2ccc(OCCO)c(N)n2)cc1.Cl. The van der Waals surface area contributed by atoms with Crippen molar-refractivity contribution >= 4 is 29.8 Å². The Kier molecular flexibility index (Phi) is 10.7. The molecule has 37 heavy (non-hydrogen) atoms. The Labute approximate surface area is 229 Å². The summed E-state index contributed by atoms with van der Waals surface area (Å²) >= 11 is 6.57. The van der Waals surface area contributed by atoms with Gasteiger partial charge in [0.2, 0.25) is 0 Å². The van der Waals surface area contributed by atoms with E-state index in [1.807, 2.05) is 42.5 Å². The van der Waals surface area contributed by atoms with Crippen LogP contribution in [-0.4, -0.2) is 34.5 Å². The minimum Gasteiger partial charge on any atom is -0.494 e. The highest BCUT2D eigenvalue weighted by Gasteiger charge is 2.16. The first-order valence-electron chi connectivity index (χ1n) is 12.3. The van der Waals surface area contributed by atoms with Crippen LogP contribution in [0, 0.1) is 0 Å². The second kappa shape index (κ2) is 13.9. The van der Waals surface area contributed by atoms with Crippen LogP contribution >= 0.6 is 24.0 Å². The van der Waals surface area contributed by atoms with E-state index in [9.17, 15) is 0 Å². The molecule has 196 valence electrons. The van der Waals surface area contributed by atoms with Gasteiger partial charge in [0.15, 0.2) is 11.6 Å². The molecule has 0 fully saturated rings. The number of nitrogens with two attached hydrogens (primary N) is 1. The first-order chi connectivity index (χ1) is 17.6. The molecule has 0 saturated heterocycles. The van der Waals surface area contributed by atoms with Crippen LogP contribution < -0.4 is 15.2 Å². The molecule has 3 N–H and O–H groups in total. The summed E-state index contributed by atoms with van der Waals surface area (Å²) in [4.78, 5) is 4.55. The van der Waals surface area contributed by atoms with Crippen molar-refractivity contribution in [1.82, 2.24) is 9.55 Å². The average molecular weight is 543 g/mol. The van der Waals surface area contributed by atoms with E-state index >= 15 is 0 Å². The number of benzene rings is 2. The third-order valence-electron chi connectivity index (χ3n) is 5.91. The van der Waals surface area contributed by atoms with Gasteiger partial charge in [0.1, 0.15) is 12.4 Å². The van der Waals surface area contributed by atoms with E-state index in [2.05, 4.69) is 40.7 Å². The monoisotopic (exact) mass is 541 g/mol. The Balaban J connectivity index is 0.00000380. The smallest absolute Gasteiger partial charge is 0.166 e. The normalized spacial score (nSPS) is 10.7. The third kappa shape index (κ3) is 7.19. The Morgan fingerprint density at radius 2 is 1.65 bits per heavy atom. The Morgan fingerprint density at radius 3 is 2.35 bits per heavy atom. The van der Waals surface area contributed by atoms with Crippen LogP contribution in [0.5, 0.6) is 11.5 Å². The fraction of sp³-hybridized carbons (Fsp3) is 0.276. The number of halogens is 2. The molecule has 0 saturated carbocycles. The molecule has 0 aliphatic heterocycles. The summed E-state index contributed by atoms with van der Waals surface area (Å²) in [6, 6.07) is 23.8. The van der Waals surface area contributed by atoms with Gasteiger partial charge in [-0.2, -0.15) is 0 Å². The number of aromatic nitrogens is 2. The fourth-order valence-corrected chi connectivity index (χ4v) is 4.32. The number of hydrogen-bond acceptors (Lipinski definition) is 5. The number of unbranched alkanes of at least 4 members (excludes halogenated alkanes) is 2. The molecule has 2 aromatic heterocycles. The maximum Gasteiger partial charge on any atom is 0.166 e. The molecule has 2 aromatic carbocycles. The highest BCUT2D eigenvalue weighted by molar-refractivity contribution is 6.33. The predicted molar refractivity (Wildman–Crippen MR) is 153 cm³/mol. The summed E-state index contributed by atoms with van der Waals surface area (Å²) in [5.74, 6) is 1.62. The van der Waals surface area contributed by atoms with Crippen molar-refractivity contribution < 1.29 is 14.6 Å². The molecule has 2 heterocycles. The highest BCUT2D eigenvalue weighted by Crippen LogP contribution is 2.34. The third-order valence-corrected chi connectivity index (χ3v) is 6.24. The number of aliphatic hydroxyl groups excluding tert-OH is 1. The lowest BCUT2D eigenvalue weighted by molar-refractivity contribution is 0.201. The van der Waals surface area contributed by atoms with Crippen LogP contribution in [0.15, 0.2) is 72.8 Å². The summed E-state index contributed by atoms with van der Waals surface area (Å²) in [7, 11) is 0. The summed E-state index contributed by atoms with van der Waals surface area (Å²) in [5.41, 5.74) is 10.9. The van der Waals surface area contributed by atoms with Gasteiger partial charge in [0, 0.05) is 16.3 Å². The molecular weight excluding hydrogens is 509 g/mol. The van der Waals surface area contributed by atoms with Gasteiger partial charge in [-0.3, -0.25) is 0 Å². The van der Waals surface area contributed by atoms with Crippen LogP contribution in [0.25, 0.3) is 22.5 Å². The summed E-state index contributed by atoms with van der Waals surface area (Å²) in [6.45, 7) is 3.48. The number of rotatable bonds is 12. The molecular formula is C29H33Cl2N3O3. The number of aliphatic hydroxyl groups is 1. The van der Waals surface area contributed by atoms with Crippen LogP contribution in [0.3, 0.4) is 0 Å². The van der Waals surface area contributed by atoms with Gasteiger partial charge in [-0.1, -0.05) is 49.6 Å². The largest absolute Gasteiger partial charge is 0.494 e. The van der Waals surface area contributed by atoms with E-state index in [1.54, 1.807) is 6.07 Å². The maximum atomic E-state index is 9.02. The summed E-state index contributed by atoms with van der Waals surface area (Å²) < 4.78 is 13.5. The van der Waals surface area contributed by atoms with Gasteiger partial charge in [0.05, 0.1) is 31.1 Å². The Hall–Kier alpha value is -3.19. The molecule has 0 spiro atoms. The number of pyridine rings is 1. The van der Waals surface area contributed by atoms with Crippen molar-refractivity contribution in [2.24, 2.45) is 0 Å². The topological polar surface area (TPSA) is 82.5 Å². The minimum atomic E-state index is -0.0856. The van der Waals surface area contributed by atoms with Crippen molar-refractivity contribution in [1.29, 1.82) is 0 Å². The molecule has 4 aromatic rings. The second-order valence-electron chi connectivity index (χ2n) is 8.51. The first-order valence-corrected chi connectivity index (χ1v) is 12.6. The van der Waals surface area contributed by atoms with Crippen molar-refractivity contribution in [3.8, 4) is 34.0 Å². The highest BCUT2D eigenvalue weighted by atomic mass is 35.5. The molecule has 0 amide bonds. The van der Waals surface area contributed by atoms with Gasteiger partial charge in [-0.05, 0) is 66.6 Å².